The van der Waals surface area contributed by atoms with Crippen LogP contribution < -0.4 is 15.4 Å². The van der Waals surface area contributed by atoms with Gasteiger partial charge >= 0.3 is 0 Å². The van der Waals surface area contributed by atoms with Gasteiger partial charge in [-0.2, -0.15) is 0 Å². The first kappa shape index (κ1) is 11.9. The maximum atomic E-state index is 6.15. The fraction of sp³-hybridized carbons (Fsp3) is 0.250. The van der Waals surface area contributed by atoms with Gasteiger partial charge in [0.25, 0.3) is 0 Å². The van der Waals surface area contributed by atoms with Gasteiger partial charge < -0.3 is 15.4 Å². The number of ether oxygens (including phenoxy) is 1. The van der Waals surface area contributed by atoms with Gasteiger partial charge in [-0.1, -0.05) is 30.3 Å². The van der Waals surface area contributed by atoms with Crippen LogP contribution in [0.25, 0.3) is 11.1 Å². The first-order valence-electron chi connectivity index (χ1n) is 6.52. The van der Waals surface area contributed by atoms with E-state index in [2.05, 4.69) is 37.1 Å². The van der Waals surface area contributed by atoms with E-state index in [4.69, 9.17) is 10.5 Å². The summed E-state index contributed by atoms with van der Waals surface area (Å²) in [5.41, 5.74) is 10.2. The number of hydrogen-bond acceptors (Lipinski definition) is 3. The molecule has 3 heteroatoms. The largest absolute Gasteiger partial charge is 0.485 e. The first-order valence-corrected chi connectivity index (χ1v) is 6.52. The Balaban J connectivity index is 2.12. The fourth-order valence-electron chi connectivity index (χ4n) is 2.57. The summed E-state index contributed by atoms with van der Waals surface area (Å²) >= 11 is 0. The zero-order valence-corrected chi connectivity index (χ0v) is 11.3. The monoisotopic (exact) mass is 254 g/mol. The minimum absolute atomic E-state index is 0.169. The predicted molar refractivity (Wildman–Crippen MR) is 79.7 cm³/mol. The molecular formula is C16H18N2O. The average Bonchev–Trinajstić information content (AvgIpc) is 2.41. The predicted octanol–water partition coefficient (Wildman–Crippen LogP) is 3.15. The molecule has 1 atom stereocenters. The lowest BCUT2D eigenvalue weighted by atomic mass is 10.0. The van der Waals surface area contributed by atoms with E-state index in [1.807, 2.05) is 24.3 Å². The lowest BCUT2D eigenvalue weighted by Gasteiger charge is -2.33. The summed E-state index contributed by atoms with van der Waals surface area (Å²) < 4.78 is 5.86. The smallest absolute Gasteiger partial charge is 0.165 e. The SMILES string of the molecule is CC1CN(C)c2cc(-c3ccccc3)cc(N)c2O1. The van der Waals surface area contributed by atoms with Crippen LogP contribution in [-0.4, -0.2) is 19.7 Å². The van der Waals surface area contributed by atoms with Gasteiger partial charge in [-0.15, -0.1) is 0 Å². The molecule has 0 fully saturated rings. The summed E-state index contributed by atoms with van der Waals surface area (Å²) in [6.45, 7) is 2.94. The van der Waals surface area contributed by atoms with Crippen molar-refractivity contribution >= 4 is 11.4 Å². The Kier molecular flexibility index (Phi) is 2.82. The Hall–Kier alpha value is -2.16. The number of benzene rings is 2. The van der Waals surface area contributed by atoms with Gasteiger partial charge in [0.15, 0.2) is 5.75 Å². The second-order valence-corrected chi connectivity index (χ2v) is 5.09. The van der Waals surface area contributed by atoms with Gasteiger partial charge in [0.2, 0.25) is 0 Å². The highest BCUT2D eigenvalue weighted by Crippen LogP contribution is 2.41. The molecule has 98 valence electrons. The van der Waals surface area contributed by atoms with Crippen molar-refractivity contribution in [2.45, 2.75) is 13.0 Å². The Bertz CT molecular complexity index is 595. The molecule has 3 rings (SSSR count). The van der Waals surface area contributed by atoms with Gasteiger partial charge in [0.1, 0.15) is 6.10 Å². The third-order valence-electron chi connectivity index (χ3n) is 3.47. The van der Waals surface area contributed by atoms with Crippen molar-refractivity contribution in [3.63, 3.8) is 0 Å². The van der Waals surface area contributed by atoms with Crippen LogP contribution in [0.5, 0.6) is 5.75 Å². The van der Waals surface area contributed by atoms with Crippen molar-refractivity contribution in [3.05, 3.63) is 42.5 Å². The highest BCUT2D eigenvalue weighted by atomic mass is 16.5. The lowest BCUT2D eigenvalue weighted by molar-refractivity contribution is 0.217. The molecule has 1 heterocycles. The molecule has 0 aliphatic carbocycles. The Morgan fingerprint density at radius 1 is 1.16 bits per heavy atom. The zero-order valence-electron chi connectivity index (χ0n) is 11.3. The second-order valence-electron chi connectivity index (χ2n) is 5.09. The van der Waals surface area contributed by atoms with Crippen LogP contribution in [-0.2, 0) is 0 Å². The molecule has 3 nitrogen and oxygen atoms in total. The van der Waals surface area contributed by atoms with E-state index in [1.54, 1.807) is 0 Å². The van der Waals surface area contributed by atoms with E-state index >= 15 is 0 Å². The van der Waals surface area contributed by atoms with Gasteiger partial charge in [-0.25, -0.2) is 0 Å². The maximum Gasteiger partial charge on any atom is 0.165 e. The van der Waals surface area contributed by atoms with E-state index in [1.165, 1.54) is 5.56 Å². The molecule has 2 N–H and O–H groups in total. The van der Waals surface area contributed by atoms with Crippen LogP contribution in [0, 0.1) is 0 Å². The second kappa shape index (κ2) is 4.50. The number of nitrogens with zero attached hydrogens (tertiary/aromatic N) is 1. The number of rotatable bonds is 1. The van der Waals surface area contributed by atoms with Crippen molar-refractivity contribution in [2.75, 3.05) is 24.2 Å². The molecule has 0 radical (unpaired) electrons. The van der Waals surface area contributed by atoms with Gasteiger partial charge in [-0.3, -0.25) is 0 Å². The van der Waals surface area contributed by atoms with Crippen molar-refractivity contribution in [1.29, 1.82) is 0 Å². The molecule has 1 aliphatic heterocycles. The first-order chi connectivity index (χ1) is 9.15. The molecule has 0 amide bonds. The minimum Gasteiger partial charge on any atom is -0.485 e. The van der Waals surface area contributed by atoms with E-state index in [0.29, 0.717) is 5.69 Å². The summed E-state index contributed by atoms with van der Waals surface area (Å²) in [4.78, 5) is 2.20. The zero-order chi connectivity index (χ0) is 13.4. The molecule has 0 saturated heterocycles. The number of likely N-dealkylation sites (N-methyl/N-ethyl adjacent to an activating group) is 1. The standard InChI is InChI=1S/C16H18N2O/c1-11-10-18(2)15-9-13(8-14(17)16(15)19-11)12-6-4-3-5-7-12/h3-9,11H,10,17H2,1-2H3. The molecule has 0 bridgehead atoms. The number of anilines is 2. The highest BCUT2D eigenvalue weighted by Gasteiger charge is 2.23. The van der Waals surface area contributed by atoms with Crippen LogP contribution in [0.2, 0.25) is 0 Å². The molecule has 0 saturated carbocycles. The van der Waals surface area contributed by atoms with Gasteiger partial charge in [0, 0.05) is 7.05 Å². The summed E-state index contributed by atoms with van der Waals surface area (Å²) in [5.74, 6) is 0.806. The summed E-state index contributed by atoms with van der Waals surface area (Å²) in [5, 5.41) is 0. The third-order valence-corrected chi connectivity index (χ3v) is 3.47. The lowest BCUT2D eigenvalue weighted by Crippen LogP contribution is -2.35. The summed E-state index contributed by atoms with van der Waals surface area (Å²) in [7, 11) is 2.08. The quantitative estimate of drug-likeness (QED) is 0.794. The molecule has 1 unspecified atom stereocenters. The molecular weight excluding hydrogens is 236 g/mol. The van der Waals surface area contributed by atoms with Crippen LogP contribution >= 0.6 is 0 Å². The summed E-state index contributed by atoms with van der Waals surface area (Å²) in [6.07, 6.45) is 0.169. The van der Waals surface area contributed by atoms with E-state index in [0.717, 1.165) is 23.5 Å². The minimum atomic E-state index is 0.169. The number of hydrogen-bond donors (Lipinski definition) is 1. The Morgan fingerprint density at radius 3 is 2.63 bits per heavy atom. The third kappa shape index (κ3) is 2.12. The topological polar surface area (TPSA) is 38.5 Å². The number of nitrogens with two attached hydrogens (primary N) is 1. The van der Waals surface area contributed by atoms with Gasteiger partial charge in [-0.05, 0) is 30.2 Å². The van der Waals surface area contributed by atoms with E-state index in [9.17, 15) is 0 Å². The molecule has 19 heavy (non-hydrogen) atoms. The van der Waals surface area contributed by atoms with E-state index < -0.39 is 0 Å². The van der Waals surface area contributed by atoms with Crippen molar-refractivity contribution in [2.24, 2.45) is 0 Å². The molecule has 2 aromatic carbocycles. The normalized spacial score (nSPS) is 17.8. The van der Waals surface area contributed by atoms with Crippen LogP contribution in [0.1, 0.15) is 6.92 Å². The molecule has 1 aliphatic rings. The average molecular weight is 254 g/mol. The van der Waals surface area contributed by atoms with Gasteiger partial charge in [0.05, 0.1) is 17.9 Å². The Morgan fingerprint density at radius 2 is 1.89 bits per heavy atom. The maximum absolute atomic E-state index is 6.15. The number of nitrogen functional groups attached to an aromatic ring is 1. The van der Waals surface area contributed by atoms with Crippen LogP contribution in [0.4, 0.5) is 11.4 Å². The summed E-state index contributed by atoms with van der Waals surface area (Å²) in [6, 6.07) is 14.4. The fourth-order valence-corrected chi connectivity index (χ4v) is 2.57. The van der Waals surface area contributed by atoms with Crippen molar-refractivity contribution < 1.29 is 4.74 Å². The molecule has 0 spiro atoms. The van der Waals surface area contributed by atoms with Crippen molar-refractivity contribution in [3.8, 4) is 16.9 Å². The highest BCUT2D eigenvalue weighted by molar-refractivity contribution is 5.81. The molecule has 2 aromatic rings. The van der Waals surface area contributed by atoms with Crippen LogP contribution in [0.3, 0.4) is 0 Å². The number of fused-ring (bicyclic) bond motifs is 1. The van der Waals surface area contributed by atoms with E-state index in [-0.39, 0.29) is 6.10 Å². The van der Waals surface area contributed by atoms with Crippen LogP contribution in [0.15, 0.2) is 42.5 Å². The molecule has 0 aromatic heterocycles. The Labute approximate surface area is 113 Å². The van der Waals surface area contributed by atoms with Crippen molar-refractivity contribution in [1.82, 2.24) is 0 Å².